The molecule has 3 N–H and O–H groups in total. The van der Waals surface area contributed by atoms with Crippen molar-refractivity contribution in [1.29, 1.82) is 0 Å². The number of esters is 1. The fraction of sp³-hybridized carbons (Fsp3) is 0.545. The number of rotatable bonds is 15. The highest BCUT2D eigenvalue weighted by Gasteiger charge is 2.54. The van der Waals surface area contributed by atoms with E-state index >= 15 is 0 Å². The van der Waals surface area contributed by atoms with Gasteiger partial charge in [0.25, 0.3) is 5.91 Å². The molecule has 1 heterocycles. The minimum atomic E-state index is -1.58. The lowest BCUT2D eigenvalue weighted by Crippen LogP contribution is -2.53. The van der Waals surface area contributed by atoms with Crippen molar-refractivity contribution in [3.05, 3.63) is 75.7 Å². The number of carbonyl (C=O) groups excluding carboxylic acids is 2. The first-order valence-corrected chi connectivity index (χ1v) is 15.2. The van der Waals surface area contributed by atoms with Crippen molar-refractivity contribution >= 4 is 17.8 Å². The van der Waals surface area contributed by atoms with Crippen molar-refractivity contribution < 1.29 is 28.9 Å². The molecule has 0 saturated carbocycles. The van der Waals surface area contributed by atoms with Gasteiger partial charge in [0.1, 0.15) is 11.4 Å². The van der Waals surface area contributed by atoms with Crippen molar-refractivity contribution in [2.45, 2.75) is 91.0 Å². The summed E-state index contributed by atoms with van der Waals surface area (Å²) in [7, 11) is 0. The first kappa shape index (κ1) is 35.4. The molecule has 12 heteroatoms. The molecule has 0 radical (unpaired) electrons. The topological polar surface area (TPSA) is 167 Å². The third-order valence-corrected chi connectivity index (χ3v) is 7.00. The molecule has 0 spiro atoms. The quantitative estimate of drug-likeness (QED) is 0.0572. The average Bonchev–Trinajstić information content (AvgIpc) is 3.37. The summed E-state index contributed by atoms with van der Waals surface area (Å²) in [4.78, 5) is 35.0. The van der Waals surface area contributed by atoms with Crippen LogP contribution < -0.4 is 15.6 Å². The lowest BCUT2D eigenvalue weighted by atomic mass is 9.82. The second-order valence-electron chi connectivity index (χ2n) is 13.2. The van der Waals surface area contributed by atoms with Crippen LogP contribution in [0.1, 0.15) is 90.0 Å². The predicted molar refractivity (Wildman–Crippen MR) is 171 cm³/mol. The van der Waals surface area contributed by atoms with Crippen LogP contribution in [0.25, 0.3) is 10.4 Å². The Morgan fingerprint density at radius 1 is 1.11 bits per heavy atom. The maximum absolute atomic E-state index is 14.2. The van der Waals surface area contributed by atoms with Crippen LogP contribution in [0.15, 0.2) is 58.6 Å². The van der Waals surface area contributed by atoms with Crippen molar-refractivity contribution in [2.75, 3.05) is 19.8 Å². The fourth-order valence-corrected chi connectivity index (χ4v) is 4.76. The molecule has 0 bridgehead atoms. The second-order valence-corrected chi connectivity index (χ2v) is 13.2. The number of hydrogen-bond acceptors (Lipinski definition) is 9. The van der Waals surface area contributed by atoms with Crippen LogP contribution in [0.4, 0.5) is 0 Å². The Bertz CT molecular complexity index is 1380. The zero-order valence-corrected chi connectivity index (χ0v) is 27.1. The molecule has 45 heavy (non-hydrogen) atoms. The van der Waals surface area contributed by atoms with E-state index in [-0.39, 0.29) is 37.3 Å². The first-order valence-electron chi connectivity index (χ1n) is 15.2. The van der Waals surface area contributed by atoms with E-state index in [1.807, 2.05) is 24.3 Å². The summed E-state index contributed by atoms with van der Waals surface area (Å²) in [5.41, 5.74) is 14.5. The van der Waals surface area contributed by atoms with E-state index in [4.69, 9.17) is 29.8 Å². The van der Waals surface area contributed by atoms with Crippen LogP contribution in [0.3, 0.4) is 0 Å². The summed E-state index contributed by atoms with van der Waals surface area (Å²) >= 11 is 0. The number of ether oxygens (including phenoxy) is 3. The lowest BCUT2D eigenvalue weighted by Gasteiger charge is -2.32. The smallest absolute Gasteiger partial charge is 0.306 e. The van der Waals surface area contributed by atoms with Gasteiger partial charge in [0, 0.05) is 36.5 Å². The zero-order valence-electron chi connectivity index (χ0n) is 27.1. The standard InChI is InChI=1S/C33H46N6O6/c1-31(2,3)18-19-35-38-30(42)33(17-16-27(41)45-32(4,5)6)28(26-11-8-7-10-24(26)22-36-39-34)44-29(37-33)23-12-14-25(15-13-23)43-21-9-20-40/h7-8,10-15,28,35,40H,9,16-22H2,1-6H3,(H,38,42)/t28-,33-/m0/s1. The highest BCUT2D eigenvalue weighted by molar-refractivity contribution is 6.01. The van der Waals surface area contributed by atoms with Crippen LogP contribution in [-0.2, 0) is 25.6 Å². The van der Waals surface area contributed by atoms with E-state index < -0.39 is 29.1 Å². The van der Waals surface area contributed by atoms with Crippen LogP contribution >= 0.6 is 0 Å². The number of hydrogen-bond donors (Lipinski definition) is 3. The molecule has 0 fully saturated rings. The maximum Gasteiger partial charge on any atom is 0.306 e. The molecule has 2 aromatic rings. The van der Waals surface area contributed by atoms with Gasteiger partial charge in [-0.2, -0.15) is 0 Å². The Labute approximate surface area is 265 Å². The van der Waals surface area contributed by atoms with Crippen LogP contribution in [0.2, 0.25) is 0 Å². The number of benzene rings is 2. The number of nitrogens with zero attached hydrogens (tertiary/aromatic N) is 4. The van der Waals surface area contributed by atoms with E-state index in [1.54, 1.807) is 45.0 Å². The van der Waals surface area contributed by atoms with Crippen LogP contribution in [0, 0.1) is 5.41 Å². The van der Waals surface area contributed by atoms with Gasteiger partial charge in [-0.25, -0.2) is 10.4 Å². The highest BCUT2D eigenvalue weighted by atomic mass is 16.6. The third-order valence-electron chi connectivity index (χ3n) is 7.00. The van der Waals surface area contributed by atoms with Gasteiger partial charge in [-0.3, -0.25) is 15.0 Å². The minimum Gasteiger partial charge on any atom is -0.494 e. The fourth-order valence-electron chi connectivity index (χ4n) is 4.76. The number of aliphatic hydroxyl groups excluding tert-OH is 1. The Morgan fingerprint density at radius 2 is 1.82 bits per heavy atom. The van der Waals surface area contributed by atoms with Crippen LogP contribution in [-0.4, -0.2) is 53.8 Å². The summed E-state index contributed by atoms with van der Waals surface area (Å²) < 4.78 is 17.8. The van der Waals surface area contributed by atoms with Crippen LogP contribution in [0.5, 0.6) is 5.75 Å². The van der Waals surface area contributed by atoms with Gasteiger partial charge < -0.3 is 19.3 Å². The summed E-state index contributed by atoms with van der Waals surface area (Å²) in [5, 5.41) is 12.8. The monoisotopic (exact) mass is 622 g/mol. The van der Waals surface area contributed by atoms with E-state index in [9.17, 15) is 9.59 Å². The van der Waals surface area contributed by atoms with E-state index in [0.29, 0.717) is 42.0 Å². The molecular formula is C33H46N6O6. The molecule has 0 saturated heterocycles. The second kappa shape index (κ2) is 15.7. The number of carbonyl (C=O) groups is 2. The summed E-state index contributed by atoms with van der Waals surface area (Å²) in [6.07, 6.45) is 0.243. The van der Waals surface area contributed by atoms with Crippen molar-refractivity contribution in [3.8, 4) is 5.75 Å². The Morgan fingerprint density at radius 3 is 2.47 bits per heavy atom. The Hall–Kier alpha value is -4.12. The van der Waals surface area contributed by atoms with Gasteiger partial charge in [-0.15, -0.1) is 0 Å². The number of hydrazine groups is 1. The molecule has 0 aromatic heterocycles. The van der Waals surface area contributed by atoms with Crippen molar-refractivity contribution in [2.24, 2.45) is 15.5 Å². The molecule has 1 aliphatic rings. The summed E-state index contributed by atoms with van der Waals surface area (Å²) in [5.74, 6) is -0.111. The van der Waals surface area contributed by atoms with Gasteiger partial charge >= 0.3 is 5.97 Å². The number of aliphatic hydroxyl groups is 1. The van der Waals surface area contributed by atoms with Gasteiger partial charge in [-0.1, -0.05) is 50.2 Å². The number of amides is 1. The zero-order chi connectivity index (χ0) is 33.1. The van der Waals surface area contributed by atoms with Gasteiger partial charge in [0.2, 0.25) is 5.90 Å². The number of nitrogens with one attached hydrogen (secondary N) is 2. The SMILES string of the molecule is CC(C)(C)CCNNC(=O)[C@@]1(CCC(=O)OC(C)(C)C)N=C(c2ccc(OCCCO)cc2)O[C@H]1c1ccccc1CN=[N+]=[N-]. The van der Waals surface area contributed by atoms with Gasteiger partial charge in [0.05, 0.1) is 13.2 Å². The highest BCUT2D eigenvalue weighted by Crippen LogP contribution is 2.44. The largest absolute Gasteiger partial charge is 0.494 e. The Kier molecular flexibility index (Phi) is 12.4. The lowest BCUT2D eigenvalue weighted by molar-refractivity contribution is -0.155. The Balaban J connectivity index is 2.07. The molecule has 2 atom stereocenters. The normalized spacial score (nSPS) is 17.9. The molecule has 2 aromatic carbocycles. The molecular weight excluding hydrogens is 576 g/mol. The van der Waals surface area contributed by atoms with Crippen molar-refractivity contribution in [1.82, 2.24) is 10.9 Å². The summed E-state index contributed by atoms with van der Waals surface area (Å²) in [6.45, 7) is 12.6. The molecule has 0 unspecified atom stereocenters. The van der Waals surface area contributed by atoms with E-state index in [0.717, 1.165) is 6.42 Å². The van der Waals surface area contributed by atoms with E-state index in [1.165, 1.54) is 0 Å². The molecule has 1 amide bonds. The number of aliphatic imine (C=N–C) groups is 1. The first-order chi connectivity index (χ1) is 21.3. The summed E-state index contributed by atoms with van der Waals surface area (Å²) in [6, 6.07) is 14.3. The molecule has 12 nitrogen and oxygen atoms in total. The predicted octanol–water partition coefficient (Wildman–Crippen LogP) is 5.69. The molecule has 0 aliphatic carbocycles. The average molecular weight is 623 g/mol. The van der Waals surface area contributed by atoms with Gasteiger partial charge in [0.15, 0.2) is 11.6 Å². The molecule has 244 valence electrons. The van der Waals surface area contributed by atoms with E-state index in [2.05, 4.69) is 41.6 Å². The number of azide groups is 1. The minimum absolute atomic E-state index is 0.0128. The molecule has 1 aliphatic heterocycles. The van der Waals surface area contributed by atoms with Gasteiger partial charge in [-0.05, 0) is 80.0 Å². The molecule has 3 rings (SSSR count). The third kappa shape index (κ3) is 10.5. The van der Waals surface area contributed by atoms with Crippen molar-refractivity contribution in [3.63, 3.8) is 0 Å². The maximum atomic E-state index is 14.2.